The van der Waals surface area contributed by atoms with Gasteiger partial charge < -0.3 is 10.8 Å². The number of nitrogens with two attached hydrogens (primary N) is 1. The Morgan fingerprint density at radius 3 is 2.57 bits per heavy atom. The molecule has 0 aliphatic heterocycles. The molecule has 0 fully saturated rings. The summed E-state index contributed by atoms with van der Waals surface area (Å²) in [5.41, 5.74) is 6.09. The van der Waals surface area contributed by atoms with Crippen LogP contribution in [0.25, 0.3) is 0 Å². The fraction of sp³-hybridized carbons (Fsp3) is 0.500. The Morgan fingerprint density at radius 2 is 2.21 bits per heavy atom. The van der Waals surface area contributed by atoms with Gasteiger partial charge in [-0.05, 0) is 37.8 Å². The quantitative estimate of drug-likeness (QED) is 0.808. The number of thiophene rings is 1. The average Bonchev–Trinajstić information content (AvgIpc) is 2.49. The molecule has 1 heterocycles. The van der Waals surface area contributed by atoms with Crippen LogP contribution in [0.4, 0.5) is 0 Å². The van der Waals surface area contributed by atoms with E-state index in [2.05, 4.69) is 0 Å². The third-order valence-corrected chi connectivity index (χ3v) is 3.61. The van der Waals surface area contributed by atoms with Crippen LogP contribution in [0.3, 0.4) is 0 Å². The summed E-state index contributed by atoms with van der Waals surface area (Å²) in [6.45, 7) is 5.25. The molecule has 4 heteroatoms. The van der Waals surface area contributed by atoms with Crippen LogP contribution in [0.2, 0.25) is 0 Å². The zero-order chi connectivity index (χ0) is 10.9. The van der Waals surface area contributed by atoms with E-state index in [9.17, 15) is 4.79 Å². The number of aryl methyl sites for hydroxylation is 1. The van der Waals surface area contributed by atoms with Crippen molar-refractivity contribution in [2.75, 3.05) is 0 Å². The molecular weight excluding hydrogens is 198 g/mol. The highest BCUT2D eigenvalue weighted by Crippen LogP contribution is 2.35. The van der Waals surface area contributed by atoms with Crippen LogP contribution in [-0.4, -0.2) is 11.1 Å². The lowest BCUT2D eigenvalue weighted by Gasteiger charge is -2.26. The van der Waals surface area contributed by atoms with Gasteiger partial charge in [-0.25, -0.2) is 0 Å². The van der Waals surface area contributed by atoms with Crippen LogP contribution in [0.1, 0.15) is 30.3 Å². The van der Waals surface area contributed by atoms with Crippen molar-refractivity contribution >= 4 is 17.3 Å². The molecule has 1 unspecified atom stereocenters. The van der Waals surface area contributed by atoms with Gasteiger partial charge in [0, 0.05) is 4.88 Å². The Morgan fingerprint density at radius 1 is 1.64 bits per heavy atom. The molecule has 3 N–H and O–H groups in total. The van der Waals surface area contributed by atoms with Crippen molar-refractivity contribution in [1.82, 2.24) is 0 Å². The van der Waals surface area contributed by atoms with Crippen molar-refractivity contribution in [3.8, 4) is 0 Å². The van der Waals surface area contributed by atoms with Gasteiger partial charge in [0.05, 0.1) is 11.5 Å². The SMILES string of the molecule is Cc1ccsc1C(N)C(C)(C)C(=O)O. The Bertz CT molecular complexity index is 344. The summed E-state index contributed by atoms with van der Waals surface area (Å²) < 4.78 is 0. The van der Waals surface area contributed by atoms with Gasteiger partial charge in [0.25, 0.3) is 0 Å². The van der Waals surface area contributed by atoms with Crippen LogP contribution in [-0.2, 0) is 4.79 Å². The maximum atomic E-state index is 11.0. The van der Waals surface area contributed by atoms with Gasteiger partial charge in [0.1, 0.15) is 0 Å². The highest BCUT2D eigenvalue weighted by molar-refractivity contribution is 7.10. The fourth-order valence-corrected chi connectivity index (χ4v) is 2.28. The Balaban J connectivity index is 3.02. The minimum absolute atomic E-state index is 0.444. The lowest BCUT2D eigenvalue weighted by Crippen LogP contribution is -2.36. The first-order chi connectivity index (χ1) is 6.37. The first-order valence-corrected chi connectivity index (χ1v) is 5.28. The summed E-state index contributed by atoms with van der Waals surface area (Å²) in [6.07, 6.45) is 0. The molecule has 0 aromatic carbocycles. The number of hydrogen-bond donors (Lipinski definition) is 2. The van der Waals surface area contributed by atoms with Gasteiger partial charge in [-0.15, -0.1) is 11.3 Å². The van der Waals surface area contributed by atoms with Gasteiger partial charge in [0.2, 0.25) is 0 Å². The Kier molecular flexibility index (Phi) is 2.97. The van der Waals surface area contributed by atoms with Gasteiger partial charge in [-0.1, -0.05) is 0 Å². The average molecular weight is 213 g/mol. The molecule has 3 nitrogen and oxygen atoms in total. The second-order valence-corrected chi connectivity index (χ2v) is 4.92. The molecule has 0 radical (unpaired) electrons. The fourth-order valence-electron chi connectivity index (χ4n) is 1.16. The lowest BCUT2D eigenvalue weighted by atomic mass is 9.83. The molecule has 1 aromatic heterocycles. The van der Waals surface area contributed by atoms with E-state index in [0.717, 1.165) is 10.4 Å². The number of rotatable bonds is 3. The van der Waals surface area contributed by atoms with Crippen LogP contribution in [0.5, 0.6) is 0 Å². The van der Waals surface area contributed by atoms with Crippen molar-refractivity contribution in [3.05, 3.63) is 21.9 Å². The molecule has 0 amide bonds. The van der Waals surface area contributed by atoms with Gasteiger partial charge >= 0.3 is 5.97 Å². The van der Waals surface area contributed by atoms with Gasteiger partial charge in [0.15, 0.2) is 0 Å². The molecule has 0 aliphatic carbocycles. The molecular formula is C10H15NO2S. The Labute approximate surface area is 87.6 Å². The van der Waals surface area contributed by atoms with E-state index in [1.165, 1.54) is 11.3 Å². The number of hydrogen-bond acceptors (Lipinski definition) is 3. The van der Waals surface area contributed by atoms with E-state index in [1.807, 2.05) is 18.4 Å². The monoisotopic (exact) mass is 213 g/mol. The zero-order valence-corrected chi connectivity index (χ0v) is 9.39. The molecule has 0 bridgehead atoms. The molecule has 0 aliphatic rings. The molecule has 14 heavy (non-hydrogen) atoms. The molecule has 1 rings (SSSR count). The van der Waals surface area contributed by atoms with Gasteiger partial charge in [-0.3, -0.25) is 4.79 Å². The molecule has 1 aromatic rings. The first-order valence-electron chi connectivity index (χ1n) is 4.40. The van der Waals surface area contributed by atoms with Crippen molar-refractivity contribution in [2.45, 2.75) is 26.8 Å². The number of aliphatic carboxylic acids is 1. The topological polar surface area (TPSA) is 63.3 Å². The molecule has 0 spiro atoms. The highest BCUT2D eigenvalue weighted by atomic mass is 32.1. The maximum absolute atomic E-state index is 11.0. The maximum Gasteiger partial charge on any atom is 0.311 e. The predicted octanol–water partition coefficient (Wildman–Crippen LogP) is 2.17. The number of carboxylic acid groups (broad SMARTS) is 1. The van der Waals surface area contributed by atoms with Crippen LogP contribution in [0.15, 0.2) is 11.4 Å². The van der Waals surface area contributed by atoms with E-state index >= 15 is 0 Å². The van der Waals surface area contributed by atoms with E-state index < -0.39 is 17.4 Å². The highest BCUT2D eigenvalue weighted by Gasteiger charge is 2.36. The van der Waals surface area contributed by atoms with Crippen molar-refractivity contribution in [1.29, 1.82) is 0 Å². The Hall–Kier alpha value is -0.870. The minimum atomic E-state index is -0.921. The summed E-state index contributed by atoms with van der Waals surface area (Å²) in [6, 6.07) is 1.51. The molecule has 0 saturated carbocycles. The van der Waals surface area contributed by atoms with E-state index in [4.69, 9.17) is 10.8 Å². The summed E-state index contributed by atoms with van der Waals surface area (Å²) >= 11 is 1.51. The van der Waals surface area contributed by atoms with Crippen LogP contribution in [0, 0.1) is 12.3 Å². The smallest absolute Gasteiger partial charge is 0.311 e. The van der Waals surface area contributed by atoms with Crippen LogP contribution >= 0.6 is 11.3 Å². The van der Waals surface area contributed by atoms with E-state index in [1.54, 1.807) is 13.8 Å². The number of carboxylic acids is 1. The predicted molar refractivity (Wildman–Crippen MR) is 57.4 cm³/mol. The largest absolute Gasteiger partial charge is 0.481 e. The second-order valence-electron chi connectivity index (χ2n) is 3.97. The molecule has 78 valence electrons. The summed E-state index contributed by atoms with van der Waals surface area (Å²) in [7, 11) is 0. The van der Waals surface area contributed by atoms with E-state index in [0.29, 0.717) is 0 Å². The van der Waals surface area contributed by atoms with Crippen molar-refractivity contribution in [2.24, 2.45) is 11.1 Å². The van der Waals surface area contributed by atoms with Crippen molar-refractivity contribution in [3.63, 3.8) is 0 Å². The molecule has 1 atom stereocenters. The first kappa shape index (κ1) is 11.2. The zero-order valence-electron chi connectivity index (χ0n) is 8.57. The van der Waals surface area contributed by atoms with Gasteiger partial charge in [-0.2, -0.15) is 0 Å². The third-order valence-electron chi connectivity index (χ3n) is 2.51. The minimum Gasteiger partial charge on any atom is -0.481 e. The molecule has 0 saturated heterocycles. The summed E-state index contributed by atoms with van der Waals surface area (Å²) in [4.78, 5) is 11.9. The van der Waals surface area contributed by atoms with Crippen LogP contribution < -0.4 is 5.73 Å². The third kappa shape index (κ3) is 1.81. The van der Waals surface area contributed by atoms with Crippen molar-refractivity contribution < 1.29 is 9.90 Å². The lowest BCUT2D eigenvalue weighted by molar-refractivity contribution is -0.148. The summed E-state index contributed by atoms with van der Waals surface area (Å²) in [5, 5.41) is 11.0. The standard InChI is InChI=1S/C10H15NO2S/c1-6-4-5-14-7(6)8(11)10(2,3)9(12)13/h4-5,8H,11H2,1-3H3,(H,12,13). The number of carbonyl (C=O) groups is 1. The summed E-state index contributed by atoms with van der Waals surface area (Å²) in [5.74, 6) is -0.863. The van der Waals surface area contributed by atoms with E-state index in [-0.39, 0.29) is 0 Å². The second kappa shape index (κ2) is 3.71. The normalized spacial score (nSPS) is 14.0.